The lowest BCUT2D eigenvalue weighted by molar-refractivity contribution is -0.384. The first-order valence-corrected chi connectivity index (χ1v) is 6.81. The highest BCUT2D eigenvalue weighted by atomic mass is 79.9. The van der Waals surface area contributed by atoms with Gasteiger partial charge in [-0.3, -0.25) is 14.9 Å². The van der Waals surface area contributed by atoms with Gasteiger partial charge in [-0.25, -0.2) is 0 Å². The second-order valence-electron chi connectivity index (χ2n) is 3.85. The van der Waals surface area contributed by atoms with Crippen LogP contribution in [0.25, 0.3) is 0 Å². The number of hydrogen-bond acceptors (Lipinski definition) is 3. The molecule has 1 amide bonds. The summed E-state index contributed by atoms with van der Waals surface area (Å²) in [6.45, 7) is 0.328. The molecule has 1 aromatic rings. The zero-order valence-corrected chi connectivity index (χ0v) is 11.5. The summed E-state index contributed by atoms with van der Waals surface area (Å²) >= 11 is 3.30. The number of rotatable bonds is 7. The topological polar surface area (TPSA) is 72.2 Å². The molecule has 0 saturated heterocycles. The molecule has 1 aromatic carbocycles. The van der Waals surface area contributed by atoms with Crippen LogP contribution in [0.5, 0.6) is 0 Å². The molecule has 1 N–H and O–H groups in total. The Morgan fingerprint density at radius 2 is 2.17 bits per heavy atom. The number of alkyl halides is 1. The Hall–Kier alpha value is -1.43. The molecule has 5 nitrogen and oxygen atoms in total. The summed E-state index contributed by atoms with van der Waals surface area (Å²) in [5, 5.41) is 14.2. The van der Waals surface area contributed by atoms with Crippen LogP contribution in [0.3, 0.4) is 0 Å². The summed E-state index contributed by atoms with van der Waals surface area (Å²) in [5.74, 6) is -0.0255. The molecule has 0 aliphatic rings. The Labute approximate surface area is 114 Å². The van der Waals surface area contributed by atoms with Crippen LogP contribution in [0.15, 0.2) is 24.3 Å². The SMILES string of the molecule is O=C(CCCCBr)NCc1cccc([N+](=O)[O-])c1. The van der Waals surface area contributed by atoms with E-state index in [1.807, 2.05) is 0 Å². The van der Waals surface area contributed by atoms with Gasteiger partial charge in [0.15, 0.2) is 0 Å². The monoisotopic (exact) mass is 314 g/mol. The minimum atomic E-state index is -0.443. The lowest BCUT2D eigenvalue weighted by Crippen LogP contribution is -2.22. The number of non-ortho nitro benzene ring substituents is 1. The number of carbonyl (C=O) groups excluding carboxylic acids is 1. The first-order valence-electron chi connectivity index (χ1n) is 5.69. The van der Waals surface area contributed by atoms with Crippen molar-refractivity contribution in [1.29, 1.82) is 0 Å². The predicted molar refractivity (Wildman–Crippen MR) is 72.6 cm³/mol. The minimum absolute atomic E-state index is 0.0255. The molecule has 0 bridgehead atoms. The molecule has 18 heavy (non-hydrogen) atoms. The molecule has 0 aromatic heterocycles. The fourth-order valence-corrected chi connectivity index (χ4v) is 1.85. The second-order valence-corrected chi connectivity index (χ2v) is 4.64. The van der Waals surface area contributed by atoms with Crippen LogP contribution in [0.4, 0.5) is 5.69 Å². The van der Waals surface area contributed by atoms with Gasteiger partial charge in [0, 0.05) is 30.4 Å². The molecular weight excluding hydrogens is 300 g/mol. The van der Waals surface area contributed by atoms with Crippen molar-refractivity contribution in [3.05, 3.63) is 39.9 Å². The standard InChI is InChI=1S/C12H15BrN2O3/c13-7-2-1-6-12(16)14-9-10-4-3-5-11(8-10)15(17)18/h3-5,8H,1-2,6-7,9H2,(H,14,16). The molecule has 0 fully saturated rings. The average molecular weight is 315 g/mol. The number of nitrogens with one attached hydrogen (secondary N) is 1. The van der Waals surface area contributed by atoms with E-state index in [9.17, 15) is 14.9 Å². The van der Waals surface area contributed by atoms with Crippen molar-refractivity contribution in [3.8, 4) is 0 Å². The van der Waals surface area contributed by atoms with Crippen molar-refractivity contribution < 1.29 is 9.72 Å². The molecule has 0 atom stereocenters. The van der Waals surface area contributed by atoms with Gasteiger partial charge >= 0.3 is 0 Å². The van der Waals surface area contributed by atoms with Crippen LogP contribution in [-0.2, 0) is 11.3 Å². The summed E-state index contributed by atoms with van der Waals surface area (Å²) in [4.78, 5) is 21.6. The van der Waals surface area contributed by atoms with E-state index in [1.165, 1.54) is 12.1 Å². The van der Waals surface area contributed by atoms with Gasteiger partial charge in [0.1, 0.15) is 0 Å². The third-order valence-electron chi connectivity index (χ3n) is 2.40. The zero-order valence-electron chi connectivity index (χ0n) is 9.89. The van der Waals surface area contributed by atoms with E-state index in [1.54, 1.807) is 12.1 Å². The van der Waals surface area contributed by atoms with Crippen LogP contribution in [0, 0.1) is 10.1 Å². The third kappa shape index (κ3) is 5.27. The van der Waals surface area contributed by atoms with E-state index >= 15 is 0 Å². The number of nitrogens with zero attached hydrogens (tertiary/aromatic N) is 1. The van der Waals surface area contributed by atoms with Crippen LogP contribution < -0.4 is 5.32 Å². The third-order valence-corrected chi connectivity index (χ3v) is 2.96. The normalized spacial score (nSPS) is 10.1. The van der Waals surface area contributed by atoms with Gasteiger partial charge < -0.3 is 5.32 Å². The summed E-state index contributed by atoms with van der Waals surface area (Å²) in [6.07, 6.45) is 2.29. The summed E-state index contributed by atoms with van der Waals surface area (Å²) in [6, 6.07) is 6.27. The summed E-state index contributed by atoms with van der Waals surface area (Å²) in [7, 11) is 0. The van der Waals surface area contributed by atoms with Crippen molar-refractivity contribution in [2.75, 3.05) is 5.33 Å². The van der Waals surface area contributed by atoms with Gasteiger partial charge in [0.2, 0.25) is 5.91 Å². The van der Waals surface area contributed by atoms with E-state index in [4.69, 9.17) is 0 Å². The van der Waals surface area contributed by atoms with Gasteiger partial charge in [0.25, 0.3) is 5.69 Å². The fraction of sp³-hybridized carbons (Fsp3) is 0.417. The molecule has 6 heteroatoms. The molecule has 0 unspecified atom stereocenters. The maximum atomic E-state index is 11.4. The highest BCUT2D eigenvalue weighted by molar-refractivity contribution is 9.09. The maximum absolute atomic E-state index is 11.4. The van der Waals surface area contributed by atoms with Gasteiger partial charge in [-0.1, -0.05) is 28.1 Å². The van der Waals surface area contributed by atoms with Crippen molar-refractivity contribution in [2.24, 2.45) is 0 Å². The fourth-order valence-electron chi connectivity index (χ4n) is 1.45. The Kier molecular flexibility index (Phi) is 6.35. The number of amides is 1. The molecule has 1 rings (SSSR count). The smallest absolute Gasteiger partial charge is 0.269 e. The van der Waals surface area contributed by atoms with Crippen LogP contribution in [-0.4, -0.2) is 16.2 Å². The van der Waals surface area contributed by atoms with Crippen molar-refractivity contribution in [2.45, 2.75) is 25.8 Å². The van der Waals surface area contributed by atoms with E-state index in [0.29, 0.717) is 13.0 Å². The van der Waals surface area contributed by atoms with Crippen molar-refractivity contribution in [1.82, 2.24) is 5.32 Å². The second kappa shape index (κ2) is 7.81. The number of halogens is 1. The number of carbonyl (C=O) groups is 1. The maximum Gasteiger partial charge on any atom is 0.269 e. The molecule has 0 heterocycles. The van der Waals surface area contributed by atoms with E-state index in [0.717, 1.165) is 23.7 Å². The molecular formula is C12H15BrN2O3. The molecule has 0 aliphatic heterocycles. The first-order chi connectivity index (χ1) is 8.63. The van der Waals surface area contributed by atoms with Gasteiger partial charge in [-0.2, -0.15) is 0 Å². The Bertz CT molecular complexity index is 424. The number of hydrogen-bond donors (Lipinski definition) is 1. The zero-order chi connectivity index (χ0) is 13.4. The lowest BCUT2D eigenvalue weighted by atomic mass is 10.2. The molecule has 98 valence electrons. The van der Waals surface area contributed by atoms with E-state index in [2.05, 4.69) is 21.2 Å². The Balaban J connectivity index is 2.41. The van der Waals surface area contributed by atoms with Gasteiger partial charge in [0.05, 0.1) is 4.92 Å². The summed E-state index contributed by atoms with van der Waals surface area (Å²) in [5.41, 5.74) is 0.777. The largest absolute Gasteiger partial charge is 0.352 e. The van der Waals surface area contributed by atoms with Crippen LogP contribution >= 0.6 is 15.9 Å². The van der Waals surface area contributed by atoms with Gasteiger partial charge in [-0.15, -0.1) is 0 Å². The highest BCUT2D eigenvalue weighted by Crippen LogP contribution is 2.12. The van der Waals surface area contributed by atoms with Crippen molar-refractivity contribution >= 4 is 27.5 Å². The number of unbranched alkanes of at least 4 members (excludes halogenated alkanes) is 1. The quantitative estimate of drug-likeness (QED) is 0.364. The van der Waals surface area contributed by atoms with E-state index in [-0.39, 0.29) is 11.6 Å². The Morgan fingerprint density at radius 3 is 2.83 bits per heavy atom. The minimum Gasteiger partial charge on any atom is -0.352 e. The predicted octanol–water partition coefficient (Wildman–Crippen LogP) is 2.78. The van der Waals surface area contributed by atoms with Crippen LogP contribution in [0.1, 0.15) is 24.8 Å². The average Bonchev–Trinajstić information content (AvgIpc) is 2.37. The molecule has 0 saturated carbocycles. The number of nitro benzene ring substituents is 1. The highest BCUT2D eigenvalue weighted by Gasteiger charge is 2.06. The lowest BCUT2D eigenvalue weighted by Gasteiger charge is -2.04. The molecule has 0 radical (unpaired) electrons. The van der Waals surface area contributed by atoms with Crippen LogP contribution in [0.2, 0.25) is 0 Å². The molecule has 0 aliphatic carbocycles. The molecule has 0 spiro atoms. The number of benzene rings is 1. The van der Waals surface area contributed by atoms with E-state index < -0.39 is 4.92 Å². The van der Waals surface area contributed by atoms with Crippen molar-refractivity contribution in [3.63, 3.8) is 0 Å². The van der Waals surface area contributed by atoms with Gasteiger partial charge in [-0.05, 0) is 18.4 Å². The first kappa shape index (κ1) is 14.6. The number of nitro groups is 1. The Morgan fingerprint density at radius 1 is 1.39 bits per heavy atom. The summed E-state index contributed by atoms with van der Waals surface area (Å²) < 4.78 is 0.